The molecule has 1 atom stereocenters. The van der Waals surface area contributed by atoms with Crippen molar-refractivity contribution in [3.63, 3.8) is 0 Å². The molecule has 0 saturated heterocycles. The lowest BCUT2D eigenvalue weighted by Crippen LogP contribution is -2.47. The number of carbonyl (C=O) groups excluding carboxylic acids is 1. The quantitative estimate of drug-likeness (QED) is 0.307. The second-order valence-electron chi connectivity index (χ2n) is 7.01. The lowest BCUT2D eigenvalue weighted by atomic mass is 9.92. The second kappa shape index (κ2) is 10.5. The van der Waals surface area contributed by atoms with Gasteiger partial charge in [0.15, 0.2) is 17.3 Å². The number of guanidine groups is 1. The van der Waals surface area contributed by atoms with Crippen LogP contribution in [-0.4, -0.2) is 39.1 Å². The van der Waals surface area contributed by atoms with E-state index in [1.165, 1.54) is 0 Å². The third kappa shape index (κ3) is 5.76. The van der Waals surface area contributed by atoms with Gasteiger partial charge in [0, 0.05) is 26.0 Å². The lowest BCUT2D eigenvalue weighted by Gasteiger charge is -2.25. The molecule has 2 aromatic rings. The zero-order chi connectivity index (χ0) is 20.0. The molecule has 1 aromatic carbocycles. The Balaban J connectivity index is 0.00000392. The number of para-hydroxylation sites is 1. The fraction of sp³-hybridized carbons (Fsp3) is 0.500. The molecule has 28 heavy (non-hydrogen) atoms. The van der Waals surface area contributed by atoms with Crippen molar-refractivity contribution in [2.45, 2.75) is 33.7 Å². The van der Waals surface area contributed by atoms with Crippen molar-refractivity contribution < 1.29 is 13.9 Å². The van der Waals surface area contributed by atoms with E-state index in [4.69, 9.17) is 9.15 Å². The molecule has 1 unspecified atom stereocenters. The van der Waals surface area contributed by atoms with Crippen LogP contribution in [-0.2, 0) is 4.79 Å². The Hall–Kier alpha value is -1.97. The zero-order valence-corrected chi connectivity index (χ0v) is 19.7. The first-order valence-corrected chi connectivity index (χ1v) is 9.17. The van der Waals surface area contributed by atoms with Crippen LogP contribution in [0.25, 0.3) is 11.0 Å². The molecule has 2 rings (SSSR count). The van der Waals surface area contributed by atoms with E-state index in [1.54, 1.807) is 14.1 Å². The Morgan fingerprint density at radius 1 is 1.36 bits per heavy atom. The van der Waals surface area contributed by atoms with Gasteiger partial charge < -0.3 is 25.1 Å². The Morgan fingerprint density at radius 3 is 2.68 bits per heavy atom. The first kappa shape index (κ1) is 24.1. The molecule has 0 radical (unpaired) electrons. The molecule has 1 heterocycles. The van der Waals surface area contributed by atoms with Crippen LogP contribution in [0.4, 0.5) is 0 Å². The van der Waals surface area contributed by atoms with Crippen molar-refractivity contribution in [1.29, 1.82) is 0 Å². The predicted octanol–water partition coefficient (Wildman–Crippen LogP) is 3.45. The van der Waals surface area contributed by atoms with E-state index >= 15 is 0 Å². The summed E-state index contributed by atoms with van der Waals surface area (Å²) in [7, 11) is 3.33. The molecule has 156 valence electrons. The van der Waals surface area contributed by atoms with Crippen molar-refractivity contribution in [2.75, 3.05) is 27.2 Å². The largest absolute Gasteiger partial charge is 0.490 e. The van der Waals surface area contributed by atoms with Gasteiger partial charge in [0.05, 0.1) is 18.1 Å². The maximum Gasteiger partial charge on any atom is 0.227 e. The number of ether oxygens (including phenoxy) is 1. The van der Waals surface area contributed by atoms with Crippen LogP contribution in [0.3, 0.4) is 0 Å². The molecule has 0 saturated carbocycles. The van der Waals surface area contributed by atoms with Crippen LogP contribution >= 0.6 is 24.0 Å². The minimum absolute atomic E-state index is 0. The van der Waals surface area contributed by atoms with Crippen LogP contribution in [0.15, 0.2) is 33.7 Å². The average Bonchev–Trinajstić information content (AvgIpc) is 3.10. The molecule has 1 amide bonds. The number of halogens is 1. The number of rotatable bonds is 7. The van der Waals surface area contributed by atoms with Crippen LogP contribution in [0.2, 0.25) is 0 Å². The summed E-state index contributed by atoms with van der Waals surface area (Å²) >= 11 is 0. The average molecular weight is 502 g/mol. The predicted molar refractivity (Wildman–Crippen MR) is 124 cm³/mol. The summed E-state index contributed by atoms with van der Waals surface area (Å²) in [5.74, 6) is 2.10. The standard InChI is InChI=1S/C20H30N4O3.HI/c1-7-26-15-10-8-9-14-11-16(27-17(14)15)13(2)24-19(22-6)23-12-20(3,4)18(25)21-5;/h8-11,13H,7,12H2,1-6H3,(H,21,25)(H2,22,23,24);1H. The van der Waals surface area contributed by atoms with Crippen LogP contribution in [0.1, 0.15) is 39.5 Å². The smallest absolute Gasteiger partial charge is 0.227 e. The second-order valence-corrected chi connectivity index (χ2v) is 7.01. The van der Waals surface area contributed by atoms with Gasteiger partial charge in [0.25, 0.3) is 0 Å². The molecule has 0 fully saturated rings. The molecule has 7 nitrogen and oxygen atoms in total. The third-order valence-corrected chi connectivity index (χ3v) is 4.37. The Bertz CT molecular complexity index is 817. The highest BCUT2D eigenvalue weighted by Gasteiger charge is 2.27. The van der Waals surface area contributed by atoms with Gasteiger partial charge in [-0.25, -0.2) is 0 Å². The van der Waals surface area contributed by atoms with Gasteiger partial charge in [0.1, 0.15) is 5.76 Å². The number of benzene rings is 1. The number of furan rings is 1. The van der Waals surface area contributed by atoms with E-state index in [1.807, 2.05) is 52.0 Å². The van der Waals surface area contributed by atoms with Crippen molar-refractivity contribution in [3.05, 3.63) is 30.0 Å². The van der Waals surface area contributed by atoms with Crippen molar-refractivity contribution >= 4 is 46.8 Å². The topological polar surface area (TPSA) is 87.9 Å². The highest BCUT2D eigenvalue weighted by atomic mass is 127. The first-order chi connectivity index (χ1) is 12.8. The van der Waals surface area contributed by atoms with Crippen LogP contribution in [0.5, 0.6) is 5.75 Å². The number of aliphatic imine (C=N–C) groups is 1. The summed E-state index contributed by atoms with van der Waals surface area (Å²) in [5, 5.41) is 10.2. The fourth-order valence-corrected chi connectivity index (χ4v) is 2.73. The maximum absolute atomic E-state index is 11.9. The minimum Gasteiger partial charge on any atom is -0.490 e. The molecule has 0 spiro atoms. The van der Waals surface area contributed by atoms with Gasteiger partial charge in [-0.05, 0) is 39.8 Å². The molecule has 0 aliphatic rings. The molecule has 3 N–H and O–H groups in total. The highest BCUT2D eigenvalue weighted by molar-refractivity contribution is 14.0. The summed E-state index contributed by atoms with van der Waals surface area (Å²) in [4.78, 5) is 16.2. The lowest BCUT2D eigenvalue weighted by molar-refractivity contribution is -0.128. The fourth-order valence-electron chi connectivity index (χ4n) is 2.73. The van der Waals surface area contributed by atoms with E-state index in [0.29, 0.717) is 19.1 Å². The number of amides is 1. The van der Waals surface area contributed by atoms with Crippen molar-refractivity contribution in [1.82, 2.24) is 16.0 Å². The molecule has 8 heteroatoms. The first-order valence-electron chi connectivity index (χ1n) is 9.17. The molecular weight excluding hydrogens is 471 g/mol. The Morgan fingerprint density at radius 2 is 2.07 bits per heavy atom. The maximum atomic E-state index is 11.9. The number of fused-ring (bicyclic) bond motifs is 1. The summed E-state index contributed by atoms with van der Waals surface area (Å²) in [6.07, 6.45) is 0. The van der Waals surface area contributed by atoms with E-state index < -0.39 is 5.41 Å². The van der Waals surface area contributed by atoms with Gasteiger partial charge in [-0.15, -0.1) is 24.0 Å². The van der Waals surface area contributed by atoms with E-state index in [-0.39, 0.29) is 35.9 Å². The molecule has 0 aliphatic heterocycles. The summed E-state index contributed by atoms with van der Waals surface area (Å²) in [5.41, 5.74) is 0.188. The van der Waals surface area contributed by atoms with Gasteiger partial charge in [0.2, 0.25) is 5.91 Å². The normalized spacial score (nSPS) is 12.9. The number of carbonyl (C=O) groups is 1. The molecule has 0 aliphatic carbocycles. The van der Waals surface area contributed by atoms with Gasteiger partial charge in [-0.3, -0.25) is 9.79 Å². The third-order valence-electron chi connectivity index (χ3n) is 4.37. The Labute approximate surface area is 183 Å². The molecule has 1 aromatic heterocycles. The van der Waals surface area contributed by atoms with E-state index in [9.17, 15) is 4.79 Å². The van der Waals surface area contributed by atoms with Gasteiger partial charge >= 0.3 is 0 Å². The van der Waals surface area contributed by atoms with Gasteiger partial charge in [-0.1, -0.05) is 12.1 Å². The van der Waals surface area contributed by atoms with Gasteiger partial charge in [-0.2, -0.15) is 0 Å². The monoisotopic (exact) mass is 502 g/mol. The minimum atomic E-state index is -0.554. The summed E-state index contributed by atoms with van der Waals surface area (Å²) < 4.78 is 11.7. The molecular formula is C20H31IN4O3. The number of hydrogen-bond donors (Lipinski definition) is 3. The number of nitrogens with zero attached hydrogens (tertiary/aromatic N) is 1. The van der Waals surface area contributed by atoms with Crippen LogP contribution < -0.4 is 20.7 Å². The van der Waals surface area contributed by atoms with Crippen LogP contribution in [0, 0.1) is 5.41 Å². The Kier molecular flexibility index (Phi) is 9.06. The SMILES string of the molecule is CCOc1cccc2cc(C(C)NC(=NC)NCC(C)(C)C(=O)NC)oc12.I. The highest BCUT2D eigenvalue weighted by Crippen LogP contribution is 2.31. The van der Waals surface area contributed by atoms with Crippen molar-refractivity contribution in [3.8, 4) is 5.75 Å². The number of hydrogen-bond acceptors (Lipinski definition) is 4. The summed E-state index contributed by atoms with van der Waals surface area (Å²) in [6.45, 7) is 8.74. The van der Waals surface area contributed by atoms with E-state index in [2.05, 4.69) is 20.9 Å². The van der Waals surface area contributed by atoms with E-state index in [0.717, 1.165) is 22.5 Å². The number of nitrogens with one attached hydrogen (secondary N) is 3. The van der Waals surface area contributed by atoms with Crippen molar-refractivity contribution in [2.24, 2.45) is 10.4 Å². The summed E-state index contributed by atoms with van der Waals surface area (Å²) in [6, 6.07) is 7.74. The zero-order valence-electron chi connectivity index (χ0n) is 17.4. The molecule has 0 bridgehead atoms.